The lowest BCUT2D eigenvalue weighted by Crippen LogP contribution is -2.15. The molecule has 19 heavy (non-hydrogen) atoms. The highest BCUT2D eigenvalue weighted by Gasteiger charge is 2.04. The van der Waals surface area contributed by atoms with Gasteiger partial charge in [0.2, 0.25) is 0 Å². The topological polar surface area (TPSA) is 77.4 Å². The second kappa shape index (κ2) is 15.8. The summed E-state index contributed by atoms with van der Waals surface area (Å²) in [6, 6.07) is 0. The van der Waals surface area contributed by atoms with Crippen molar-refractivity contribution in [2.75, 3.05) is 60.0 Å². The van der Waals surface area contributed by atoms with Gasteiger partial charge in [-0.2, -0.15) is 0 Å². The summed E-state index contributed by atoms with van der Waals surface area (Å²) in [6.07, 6.45) is 0. The van der Waals surface area contributed by atoms with Crippen molar-refractivity contribution < 1.29 is 29.2 Å². The number of ether oxygens (including phenoxy) is 4. The zero-order chi connectivity index (χ0) is 15.0. The van der Waals surface area contributed by atoms with Gasteiger partial charge in [-0.15, -0.1) is 0 Å². The van der Waals surface area contributed by atoms with E-state index in [1.165, 1.54) is 0 Å². The maximum absolute atomic E-state index is 8.36. The van der Waals surface area contributed by atoms with Crippen molar-refractivity contribution in [1.82, 2.24) is 0 Å². The predicted molar refractivity (Wildman–Crippen MR) is 73.4 cm³/mol. The van der Waals surface area contributed by atoms with Gasteiger partial charge >= 0.3 is 0 Å². The third-order valence-electron chi connectivity index (χ3n) is 1.83. The van der Waals surface area contributed by atoms with E-state index in [9.17, 15) is 0 Å². The van der Waals surface area contributed by atoms with E-state index in [1.54, 1.807) is 7.11 Å². The molecular formula is C13H30O6. The second-order valence-electron chi connectivity index (χ2n) is 4.60. The lowest BCUT2D eigenvalue weighted by molar-refractivity contribution is 0.00230. The summed E-state index contributed by atoms with van der Waals surface area (Å²) in [5.41, 5.74) is 0.0417. The van der Waals surface area contributed by atoms with Crippen molar-refractivity contribution in [2.45, 2.75) is 26.4 Å². The lowest BCUT2D eigenvalue weighted by atomic mass is 10.2. The number of hydrogen-bond donors (Lipinski definition) is 2. The fraction of sp³-hybridized carbons (Fsp3) is 1.00. The highest BCUT2D eigenvalue weighted by molar-refractivity contribution is 4.55. The van der Waals surface area contributed by atoms with Crippen LogP contribution in [0.1, 0.15) is 20.8 Å². The molecule has 6 nitrogen and oxygen atoms in total. The van der Waals surface area contributed by atoms with E-state index in [1.807, 2.05) is 20.8 Å². The van der Waals surface area contributed by atoms with Crippen LogP contribution in [0.3, 0.4) is 0 Å². The van der Waals surface area contributed by atoms with Gasteiger partial charge < -0.3 is 29.2 Å². The van der Waals surface area contributed by atoms with Gasteiger partial charge in [-0.1, -0.05) is 0 Å². The Morgan fingerprint density at radius 2 is 0.947 bits per heavy atom. The Labute approximate surface area is 116 Å². The van der Waals surface area contributed by atoms with Crippen LogP contribution in [-0.4, -0.2) is 75.8 Å². The largest absolute Gasteiger partial charge is 0.394 e. The van der Waals surface area contributed by atoms with Gasteiger partial charge in [0, 0.05) is 7.11 Å². The molecule has 0 aliphatic carbocycles. The minimum atomic E-state index is 0.0413. The smallest absolute Gasteiger partial charge is 0.0701 e. The van der Waals surface area contributed by atoms with E-state index < -0.39 is 0 Å². The van der Waals surface area contributed by atoms with Crippen LogP contribution < -0.4 is 0 Å². The summed E-state index contributed by atoms with van der Waals surface area (Å²) < 4.78 is 20.0. The van der Waals surface area contributed by atoms with Crippen molar-refractivity contribution in [3.8, 4) is 0 Å². The molecule has 0 aromatic carbocycles. The zero-order valence-electron chi connectivity index (χ0n) is 12.7. The summed E-state index contributed by atoms with van der Waals surface area (Å²) in [5.74, 6) is 0. The van der Waals surface area contributed by atoms with Crippen LogP contribution in [0.15, 0.2) is 0 Å². The molecule has 0 saturated heterocycles. The van der Waals surface area contributed by atoms with Gasteiger partial charge in [0.15, 0.2) is 0 Å². The van der Waals surface area contributed by atoms with E-state index in [0.717, 1.165) is 0 Å². The van der Waals surface area contributed by atoms with Crippen molar-refractivity contribution in [3.63, 3.8) is 0 Å². The minimum absolute atomic E-state index is 0.0413. The van der Waals surface area contributed by atoms with Crippen molar-refractivity contribution in [3.05, 3.63) is 0 Å². The Hall–Kier alpha value is -0.240. The highest BCUT2D eigenvalue weighted by Crippen LogP contribution is 2.02. The Morgan fingerprint density at radius 3 is 1.16 bits per heavy atom. The molecule has 0 aliphatic rings. The fourth-order valence-corrected chi connectivity index (χ4v) is 0.671. The molecule has 0 rings (SSSR count). The van der Waals surface area contributed by atoms with E-state index in [2.05, 4.69) is 0 Å². The summed E-state index contributed by atoms with van der Waals surface area (Å²) in [4.78, 5) is 0. The normalized spacial score (nSPS) is 11.1. The van der Waals surface area contributed by atoms with Crippen LogP contribution in [0.5, 0.6) is 0 Å². The molecule has 0 aromatic heterocycles. The third-order valence-corrected chi connectivity index (χ3v) is 1.83. The quantitative estimate of drug-likeness (QED) is 0.567. The Bertz CT molecular complexity index is 148. The van der Waals surface area contributed by atoms with E-state index in [4.69, 9.17) is 29.2 Å². The first-order valence-corrected chi connectivity index (χ1v) is 6.48. The van der Waals surface area contributed by atoms with Crippen molar-refractivity contribution in [2.24, 2.45) is 0 Å². The Balaban J connectivity index is 0. The zero-order valence-corrected chi connectivity index (χ0v) is 12.7. The summed E-state index contributed by atoms with van der Waals surface area (Å²) >= 11 is 0. The standard InChI is InChI=1S/C8H18O5.C5H12O/c9-1-3-11-5-7-13-8-6-12-4-2-10;1-5(2,3)6-4/h9-10H,1-8H2;1-4H3. The van der Waals surface area contributed by atoms with Gasteiger partial charge in [-0.25, -0.2) is 0 Å². The molecule has 0 aliphatic heterocycles. The first-order valence-electron chi connectivity index (χ1n) is 6.48. The van der Waals surface area contributed by atoms with Crippen LogP contribution >= 0.6 is 0 Å². The SMILES string of the molecule is COC(C)(C)C.OCCOCCOCCOCCO. The highest BCUT2D eigenvalue weighted by atomic mass is 16.5. The average molecular weight is 282 g/mol. The van der Waals surface area contributed by atoms with Crippen LogP contribution in [-0.2, 0) is 18.9 Å². The minimum Gasteiger partial charge on any atom is -0.394 e. The van der Waals surface area contributed by atoms with Crippen molar-refractivity contribution in [1.29, 1.82) is 0 Å². The monoisotopic (exact) mass is 282 g/mol. The number of methoxy groups -OCH3 is 1. The van der Waals surface area contributed by atoms with Crippen LogP contribution in [0.25, 0.3) is 0 Å². The number of rotatable bonds is 10. The average Bonchev–Trinajstić information content (AvgIpc) is 2.37. The van der Waals surface area contributed by atoms with Gasteiger partial charge in [0.05, 0.1) is 58.5 Å². The Morgan fingerprint density at radius 1 is 0.684 bits per heavy atom. The number of aliphatic hydroxyl groups excluding tert-OH is 2. The molecular weight excluding hydrogens is 252 g/mol. The maximum atomic E-state index is 8.36. The van der Waals surface area contributed by atoms with Crippen molar-refractivity contribution >= 4 is 0 Å². The molecule has 118 valence electrons. The molecule has 0 saturated carbocycles. The molecule has 0 bridgehead atoms. The van der Waals surface area contributed by atoms with Gasteiger partial charge in [-0.3, -0.25) is 0 Å². The number of aliphatic hydroxyl groups is 2. The fourth-order valence-electron chi connectivity index (χ4n) is 0.671. The van der Waals surface area contributed by atoms with Crippen LogP contribution in [0.2, 0.25) is 0 Å². The molecule has 0 fully saturated rings. The summed E-state index contributed by atoms with van der Waals surface area (Å²) in [6.45, 7) is 8.83. The first kappa shape index (κ1) is 21.1. The molecule has 0 spiro atoms. The van der Waals surface area contributed by atoms with Gasteiger partial charge in [-0.05, 0) is 20.8 Å². The molecule has 0 unspecified atom stereocenters. The molecule has 0 amide bonds. The molecule has 0 aromatic rings. The molecule has 0 radical (unpaired) electrons. The van der Waals surface area contributed by atoms with Gasteiger partial charge in [0.1, 0.15) is 0 Å². The van der Waals surface area contributed by atoms with E-state index in [-0.39, 0.29) is 18.8 Å². The molecule has 0 heterocycles. The maximum Gasteiger partial charge on any atom is 0.0701 e. The molecule has 2 N–H and O–H groups in total. The van der Waals surface area contributed by atoms with E-state index >= 15 is 0 Å². The summed E-state index contributed by atoms with van der Waals surface area (Å²) in [5, 5.41) is 16.7. The van der Waals surface area contributed by atoms with E-state index in [0.29, 0.717) is 39.6 Å². The second-order valence-corrected chi connectivity index (χ2v) is 4.60. The molecule has 0 atom stereocenters. The van der Waals surface area contributed by atoms with Crippen LogP contribution in [0.4, 0.5) is 0 Å². The molecule has 6 heteroatoms. The predicted octanol–water partition coefficient (Wildman–Crippen LogP) is 0.452. The third kappa shape index (κ3) is 27.1. The summed E-state index contributed by atoms with van der Waals surface area (Å²) in [7, 11) is 1.71. The van der Waals surface area contributed by atoms with Gasteiger partial charge in [0.25, 0.3) is 0 Å². The number of hydrogen-bond acceptors (Lipinski definition) is 6. The Kier molecular flexibility index (Phi) is 17.5. The lowest BCUT2D eigenvalue weighted by Gasteiger charge is -2.14. The van der Waals surface area contributed by atoms with Crippen LogP contribution in [0, 0.1) is 0 Å². The first-order chi connectivity index (χ1) is 8.97.